The van der Waals surface area contributed by atoms with Crippen LogP contribution in [0.4, 0.5) is 27.6 Å². The number of amidine groups is 1. The van der Waals surface area contributed by atoms with Gasteiger partial charge in [-0.15, -0.1) is 0 Å². The normalized spacial score (nSPS) is 23.0. The van der Waals surface area contributed by atoms with Crippen LogP contribution in [0.5, 0.6) is 0 Å². The smallest absolute Gasteiger partial charge is 0.362 e. The third-order valence-electron chi connectivity index (χ3n) is 6.50. The summed E-state index contributed by atoms with van der Waals surface area (Å²) in [5.41, 5.74) is -3.31. The largest absolute Gasteiger partial charge is 0.416 e. The highest BCUT2D eigenvalue weighted by Gasteiger charge is 2.55. The van der Waals surface area contributed by atoms with Crippen LogP contribution in [0.3, 0.4) is 0 Å². The van der Waals surface area contributed by atoms with Crippen molar-refractivity contribution < 1.29 is 35.2 Å². The Kier molecular flexibility index (Phi) is 6.54. The zero-order chi connectivity index (χ0) is 28.1. The summed E-state index contributed by atoms with van der Waals surface area (Å²) in [6.07, 6.45) is -3.89. The molecule has 0 bridgehead atoms. The maximum absolute atomic E-state index is 15.0. The third-order valence-corrected chi connectivity index (χ3v) is 9.14. The van der Waals surface area contributed by atoms with E-state index in [0.29, 0.717) is 6.07 Å². The predicted octanol–water partition coefficient (Wildman–Crippen LogP) is 4.76. The molecule has 13 heteroatoms. The number of anilines is 1. The molecule has 1 aromatic heterocycles. The van der Waals surface area contributed by atoms with E-state index in [9.17, 15) is 35.2 Å². The average molecular weight is 553 g/mol. The second-order valence-corrected chi connectivity index (χ2v) is 11.5. The first-order valence-electron chi connectivity index (χ1n) is 11.1. The van der Waals surface area contributed by atoms with E-state index in [-0.39, 0.29) is 22.5 Å². The third kappa shape index (κ3) is 4.73. The fourth-order valence-corrected chi connectivity index (χ4v) is 6.43. The lowest BCUT2D eigenvalue weighted by atomic mass is 9.89. The van der Waals surface area contributed by atoms with Crippen LogP contribution in [-0.2, 0) is 26.3 Å². The minimum atomic E-state index is -4.73. The van der Waals surface area contributed by atoms with Crippen molar-refractivity contribution in [3.63, 3.8) is 0 Å². The van der Waals surface area contributed by atoms with Crippen LogP contribution in [0.15, 0.2) is 60.8 Å². The monoisotopic (exact) mass is 552 g/mol. The van der Waals surface area contributed by atoms with E-state index in [1.54, 1.807) is 0 Å². The molecule has 200 valence electrons. The number of hydrogen-bond donors (Lipinski definition) is 3. The van der Waals surface area contributed by atoms with Gasteiger partial charge < -0.3 is 10.6 Å². The molecule has 2 heterocycles. The molecule has 1 saturated heterocycles. The van der Waals surface area contributed by atoms with Crippen molar-refractivity contribution in [2.24, 2.45) is 0 Å². The number of carbonyl (C=O) groups is 1. The number of amides is 1. The number of nitrogens with one attached hydrogen (secondary N) is 3. The minimum Gasteiger partial charge on any atom is -0.362 e. The fraction of sp³-hybridized carbons (Fsp3) is 0.240. The van der Waals surface area contributed by atoms with Crippen molar-refractivity contribution in [3.05, 3.63) is 94.8 Å². The van der Waals surface area contributed by atoms with Gasteiger partial charge in [-0.2, -0.15) is 13.2 Å². The van der Waals surface area contributed by atoms with E-state index in [1.807, 2.05) is 0 Å². The molecule has 3 N–H and O–H groups in total. The molecular formula is C25H21F5N4O3S. The van der Waals surface area contributed by atoms with Gasteiger partial charge in [-0.05, 0) is 61.9 Å². The van der Waals surface area contributed by atoms with E-state index in [1.165, 1.54) is 25.1 Å². The Morgan fingerprint density at radius 3 is 2.39 bits per heavy atom. The molecule has 3 aromatic rings. The second-order valence-electron chi connectivity index (χ2n) is 9.21. The van der Waals surface area contributed by atoms with Crippen LogP contribution in [-0.4, -0.2) is 30.9 Å². The first kappa shape index (κ1) is 27.2. The number of sulfone groups is 1. The van der Waals surface area contributed by atoms with Crippen LogP contribution in [0.1, 0.15) is 41.0 Å². The Bertz CT molecular complexity index is 1540. The summed E-state index contributed by atoms with van der Waals surface area (Å²) in [5, 5.41) is 13.7. The van der Waals surface area contributed by atoms with Gasteiger partial charge in [0.15, 0.2) is 14.6 Å². The lowest BCUT2D eigenvalue weighted by Crippen LogP contribution is -2.63. The second kappa shape index (κ2) is 9.15. The van der Waals surface area contributed by atoms with E-state index < -0.39 is 61.0 Å². The Balaban J connectivity index is 1.69. The van der Waals surface area contributed by atoms with Crippen LogP contribution in [0.25, 0.3) is 0 Å². The van der Waals surface area contributed by atoms with Crippen LogP contribution < -0.4 is 10.6 Å². The number of benzene rings is 2. The number of alkyl halides is 3. The van der Waals surface area contributed by atoms with E-state index in [0.717, 1.165) is 43.5 Å². The average Bonchev–Trinajstić information content (AvgIpc) is 2.83. The Morgan fingerprint density at radius 2 is 1.79 bits per heavy atom. The summed E-state index contributed by atoms with van der Waals surface area (Å²) < 4.78 is 92.9. The molecule has 7 nitrogen and oxygen atoms in total. The van der Waals surface area contributed by atoms with Gasteiger partial charge in [-0.25, -0.2) is 22.2 Å². The first-order chi connectivity index (χ1) is 17.6. The zero-order valence-corrected chi connectivity index (χ0v) is 20.8. The molecule has 0 spiro atoms. The highest BCUT2D eigenvalue weighted by molar-refractivity contribution is 7.93. The van der Waals surface area contributed by atoms with Gasteiger partial charge in [0.25, 0.3) is 5.91 Å². The molecule has 4 rings (SSSR count). The fourth-order valence-electron chi connectivity index (χ4n) is 4.30. The van der Waals surface area contributed by atoms with E-state index in [4.69, 9.17) is 5.41 Å². The topological polar surface area (TPSA) is 112 Å². The van der Waals surface area contributed by atoms with E-state index in [2.05, 4.69) is 15.6 Å². The van der Waals surface area contributed by atoms with Gasteiger partial charge in [0, 0.05) is 11.3 Å². The number of aromatic nitrogens is 1. The summed E-state index contributed by atoms with van der Waals surface area (Å²) in [6, 6.07) is 9.28. The summed E-state index contributed by atoms with van der Waals surface area (Å²) in [6.45, 7) is 2.45. The zero-order valence-electron chi connectivity index (χ0n) is 20.0. The number of pyridine rings is 1. The van der Waals surface area contributed by atoms with Gasteiger partial charge in [-0.1, -0.05) is 12.1 Å². The molecule has 0 aliphatic carbocycles. The Hall–Kier alpha value is -3.87. The molecule has 2 atom stereocenters. The van der Waals surface area contributed by atoms with Crippen molar-refractivity contribution in [3.8, 4) is 0 Å². The highest BCUT2D eigenvalue weighted by atomic mass is 32.2. The minimum absolute atomic E-state index is 0.0655. The molecule has 0 radical (unpaired) electrons. The molecule has 0 saturated carbocycles. The van der Waals surface area contributed by atoms with Gasteiger partial charge in [0.05, 0.1) is 23.1 Å². The van der Waals surface area contributed by atoms with Crippen molar-refractivity contribution in [2.45, 2.75) is 30.3 Å². The van der Waals surface area contributed by atoms with Crippen molar-refractivity contribution in [1.29, 1.82) is 5.41 Å². The molecule has 1 aliphatic heterocycles. The summed E-state index contributed by atoms with van der Waals surface area (Å²) in [5.74, 6) is -3.65. The molecule has 1 aliphatic rings. The van der Waals surface area contributed by atoms with Crippen molar-refractivity contribution in [2.75, 3.05) is 11.1 Å². The summed E-state index contributed by atoms with van der Waals surface area (Å²) in [4.78, 5) is 16.1. The van der Waals surface area contributed by atoms with Gasteiger partial charge in [0.2, 0.25) is 0 Å². The van der Waals surface area contributed by atoms with E-state index >= 15 is 0 Å². The Morgan fingerprint density at radius 1 is 1.08 bits per heavy atom. The summed E-state index contributed by atoms with van der Waals surface area (Å²) >= 11 is 0. The molecule has 2 aromatic carbocycles. The molecule has 0 unspecified atom stereocenters. The molecular weight excluding hydrogens is 531 g/mol. The van der Waals surface area contributed by atoms with Gasteiger partial charge in [0.1, 0.15) is 23.2 Å². The number of hydrogen-bond acceptors (Lipinski definition) is 5. The number of halogens is 5. The standard InChI is InChI=1S/C25H21F5N4O3S/c1-23(18-11-17(7-8-19(18)27)33-21(35)20-9-6-16(26)12-32-20)13-38(36,37)24(2,22(31)34-23)14-4-3-5-15(10-14)25(28,29)30/h3-12H,13H2,1-2H3,(H2,31,34)(H,33,35)/t23-,24-/m0/s1. The Labute approximate surface area is 214 Å². The maximum atomic E-state index is 15.0. The highest BCUT2D eigenvalue weighted by Crippen LogP contribution is 2.42. The first-order valence-corrected chi connectivity index (χ1v) is 12.7. The maximum Gasteiger partial charge on any atom is 0.416 e. The lowest BCUT2D eigenvalue weighted by Gasteiger charge is -2.45. The molecule has 1 fully saturated rings. The number of rotatable bonds is 4. The van der Waals surface area contributed by atoms with Crippen LogP contribution >= 0.6 is 0 Å². The quantitative estimate of drug-likeness (QED) is 0.405. The molecule has 1 amide bonds. The van der Waals surface area contributed by atoms with Crippen LogP contribution in [0.2, 0.25) is 0 Å². The van der Waals surface area contributed by atoms with Gasteiger partial charge >= 0.3 is 6.18 Å². The lowest BCUT2D eigenvalue weighted by molar-refractivity contribution is -0.137. The number of carbonyl (C=O) groups excluding carboxylic acids is 1. The summed E-state index contributed by atoms with van der Waals surface area (Å²) in [7, 11) is -4.40. The predicted molar refractivity (Wildman–Crippen MR) is 129 cm³/mol. The SMILES string of the molecule is C[C@@]1(c2cc(NC(=O)c3ccc(F)cn3)ccc2F)CS(=O)(=O)[C@@](C)(c2cccc(C(F)(F)F)c2)C(=N)N1. The van der Waals surface area contributed by atoms with Crippen LogP contribution in [0, 0.1) is 17.0 Å². The van der Waals surface area contributed by atoms with Crippen molar-refractivity contribution in [1.82, 2.24) is 10.3 Å². The molecule has 38 heavy (non-hydrogen) atoms. The van der Waals surface area contributed by atoms with Gasteiger partial charge in [-0.3, -0.25) is 10.2 Å². The van der Waals surface area contributed by atoms with Crippen molar-refractivity contribution >= 4 is 27.3 Å². The number of nitrogens with zero attached hydrogens (tertiary/aromatic N) is 1.